The Kier molecular flexibility index (Phi) is 4.78. The van der Waals surface area contributed by atoms with Crippen LogP contribution in [0.5, 0.6) is 0 Å². The van der Waals surface area contributed by atoms with E-state index in [1.54, 1.807) is 0 Å². The van der Waals surface area contributed by atoms with Crippen molar-refractivity contribution in [2.75, 3.05) is 6.54 Å². The highest BCUT2D eigenvalue weighted by atomic mass is 16.4. The van der Waals surface area contributed by atoms with Gasteiger partial charge >= 0.3 is 12.0 Å². The van der Waals surface area contributed by atoms with E-state index in [0.717, 1.165) is 12.8 Å². The maximum absolute atomic E-state index is 11.9. The van der Waals surface area contributed by atoms with Crippen LogP contribution in [0.15, 0.2) is 0 Å². The lowest BCUT2D eigenvalue weighted by Crippen LogP contribution is -2.51. The van der Waals surface area contributed by atoms with E-state index in [9.17, 15) is 9.59 Å². The molecule has 98 valence electrons. The minimum absolute atomic E-state index is 0.111. The lowest BCUT2D eigenvalue weighted by molar-refractivity contribution is -0.138. The summed E-state index contributed by atoms with van der Waals surface area (Å²) < 4.78 is 0. The zero-order valence-corrected chi connectivity index (χ0v) is 10.8. The normalized spacial score (nSPS) is 17.4. The van der Waals surface area contributed by atoms with E-state index in [4.69, 9.17) is 5.11 Å². The van der Waals surface area contributed by atoms with E-state index in [-0.39, 0.29) is 24.7 Å². The molecule has 0 saturated heterocycles. The summed E-state index contributed by atoms with van der Waals surface area (Å²) in [6.07, 6.45) is 3.54. The third-order valence-corrected chi connectivity index (χ3v) is 3.40. The van der Waals surface area contributed by atoms with Gasteiger partial charge in [-0.25, -0.2) is 4.79 Å². The molecular weight excluding hydrogens is 220 g/mol. The number of hydrogen-bond donors (Lipinski definition) is 2. The number of carboxylic acids is 1. The summed E-state index contributed by atoms with van der Waals surface area (Å²) in [7, 11) is 0. The third kappa shape index (κ3) is 3.91. The lowest BCUT2D eigenvalue weighted by atomic mass is 9.80. The van der Waals surface area contributed by atoms with E-state index in [1.807, 2.05) is 20.8 Å². The van der Waals surface area contributed by atoms with Gasteiger partial charge in [-0.1, -0.05) is 6.42 Å². The van der Waals surface area contributed by atoms with Crippen molar-refractivity contribution in [2.45, 2.75) is 52.1 Å². The molecule has 1 saturated carbocycles. The Hall–Kier alpha value is -1.26. The molecule has 2 amide bonds. The number of nitrogens with zero attached hydrogens (tertiary/aromatic N) is 1. The molecule has 0 aromatic heterocycles. The molecule has 17 heavy (non-hydrogen) atoms. The molecular formula is C12H22N2O3. The van der Waals surface area contributed by atoms with Crippen LogP contribution in [0.2, 0.25) is 0 Å². The first-order valence-electron chi connectivity index (χ1n) is 6.20. The smallest absolute Gasteiger partial charge is 0.323 e. The van der Waals surface area contributed by atoms with Crippen molar-refractivity contribution < 1.29 is 14.7 Å². The number of carbonyl (C=O) groups is 2. The topological polar surface area (TPSA) is 69.6 Å². The molecule has 0 aliphatic heterocycles. The summed E-state index contributed by atoms with van der Waals surface area (Å²) in [5, 5.41) is 11.7. The number of aliphatic carboxylic acids is 1. The van der Waals surface area contributed by atoms with E-state index >= 15 is 0 Å². The summed E-state index contributed by atoms with van der Waals surface area (Å²) in [4.78, 5) is 24.0. The molecule has 1 unspecified atom stereocenters. The molecule has 2 N–H and O–H groups in total. The summed E-state index contributed by atoms with van der Waals surface area (Å²) >= 11 is 0. The van der Waals surface area contributed by atoms with Gasteiger partial charge in [0, 0.05) is 12.1 Å². The van der Waals surface area contributed by atoms with Gasteiger partial charge in [0.1, 0.15) is 6.54 Å². The first-order valence-corrected chi connectivity index (χ1v) is 6.20. The molecule has 5 nitrogen and oxygen atoms in total. The zero-order valence-electron chi connectivity index (χ0n) is 10.8. The summed E-state index contributed by atoms with van der Waals surface area (Å²) in [5.74, 6) is -0.428. The van der Waals surface area contributed by atoms with Crippen molar-refractivity contribution in [3.05, 3.63) is 0 Å². The van der Waals surface area contributed by atoms with Gasteiger partial charge < -0.3 is 15.3 Å². The molecule has 0 radical (unpaired) electrons. The fourth-order valence-electron chi connectivity index (χ4n) is 1.97. The van der Waals surface area contributed by atoms with Gasteiger partial charge in [-0.2, -0.15) is 0 Å². The average molecular weight is 242 g/mol. The Bertz CT molecular complexity index is 287. The molecule has 1 fully saturated rings. The fourth-order valence-corrected chi connectivity index (χ4v) is 1.97. The van der Waals surface area contributed by atoms with Crippen LogP contribution < -0.4 is 5.32 Å². The Morgan fingerprint density at radius 3 is 2.29 bits per heavy atom. The zero-order chi connectivity index (χ0) is 13.0. The van der Waals surface area contributed by atoms with Crippen LogP contribution in [0.4, 0.5) is 4.79 Å². The predicted molar refractivity (Wildman–Crippen MR) is 64.8 cm³/mol. The minimum atomic E-state index is -0.981. The van der Waals surface area contributed by atoms with Crippen molar-refractivity contribution in [1.82, 2.24) is 10.2 Å². The van der Waals surface area contributed by atoms with Crippen LogP contribution >= 0.6 is 0 Å². The number of amides is 2. The number of rotatable bonds is 5. The summed E-state index contributed by atoms with van der Waals surface area (Å²) in [5.41, 5.74) is 0. The Morgan fingerprint density at radius 1 is 1.35 bits per heavy atom. The lowest BCUT2D eigenvalue weighted by Gasteiger charge is -2.34. The average Bonchev–Trinajstić information content (AvgIpc) is 2.09. The first kappa shape index (κ1) is 13.8. The van der Waals surface area contributed by atoms with Crippen LogP contribution in [0.25, 0.3) is 0 Å². The Morgan fingerprint density at radius 2 is 1.94 bits per heavy atom. The molecule has 1 aliphatic rings. The van der Waals surface area contributed by atoms with Gasteiger partial charge in [-0.3, -0.25) is 4.79 Å². The molecule has 1 aliphatic carbocycles. The van der Waals surface area contributed by atoms with E-state index < -0.39 is 5.97 Å². The second-order valence-corrected chi connectivity index (χ2v) is 5.04. The maximum atomic E-state index is 11.9. The van der Waals surface area contributed by atoms with Crippen molar-refractivity contribution in [1.29, 1.82) is 0 Å². The molecule has 0 aromatic rings. The standard InChI is InChI=1S/C12H22N2O3/c1-8(2)14(7-11(15)16)12(17)13-9(3)10-5-4-6-10/h8-10H,4-7H2,1-3H3,(H,13,17)(H,15,16). The third-order valence-electron chi connectivity index (χ3n) is 3.40. The first-order chi connectivity index (χ1) is 7.91. The molecule has 0 heterocycles. The largest absolute Gasteiger partial charge is 0.480 e. The molecule has 5 heteroatoms. The van der Waals surface area contributed by atoms with Crippen LogP contribution in [-0.4, -0.2) is 40.6 Å². The van der Waals surface area contributed by atoms with Crippen molar-refractivity contribution in [3.8, 4) is 0 Å². The van der Waals surface area contributed by atoms with Gasteiger partial charge in [0.15, 0.2) is 0 Å². The molecule has 0 spiro atoms. The minimum Gasteiger partial charge on any atom is -0.480 e. The summed E-state index contributed by atoms with van der Waals surface area (Å²) in [6.45, 7) is 5.37. The van der Waals surface area contributed by atoms with Crippen molar-refractivity contribution >= 4 is 12.0 Å². The highest BCUT2D eigenvalue weighted by Crippen LogP contribution is 2.29. The van der Waals surface area contributed by atoms with E-state index in [0.29, 0.717) is 5.92 Å². The molecule has 1 atom stereocenters. The van der Waals surface area contributed by atoms with Gasteiger partial charge in [-0.15, -0.1) is 0 Å². The Balaban J connectivity index is 2.48. The van der Waals surface area contributed by atoms with Crippen LogP contribution in [0.1, 0.15) is 40.0 Å². The van der Waals surface area contributed by atoms with Crippen molar-refractivity contribution in [2.24, 2.45) is 5.92 Å². The maximum Gasteiger partial charge on any atom is 0.323 e. The van der Waals surface area contributed by atoms with Crippen LogP contribution in [0.3, 0.4) is 0 Å². The quantitative estimate of drug-likeness (QED) is 0.770. The molecule has 0 bridgehead atoms. The number of nitrogens with one attached hydrogen (secondary N) is 1. The number of hydrogen-bond acceptors (Lipinski definition) is 2. The fraction of sp³-hybridized carbons (Fsp3) is 0.833. The second-order valence-electron chi connectivity index (χ2n) is 5.04. The van der Waals surface area contributed by atoms with Crippen LogP contribution in [-0.2, 0) is 4.79 Å². The number of urea groups is 1. The second kappa shape index (κ2) is 5.89. The van der Waals surface area contributed by atoms with E-state index in [1.165, 1.54) is 11.3 Å². The predicted octanol–water partition coefficient (Wildman–Crippen LogP) is 1.68. The highest BCUT2D eigenvalue weighted by molar-refractivity contribution is 5.80. The summed E-state index contributed by atoms with van der Waals surface area (Å²) in [6, 6.07) is -0.257. The number of carbonyl (C=O) groups excluding carboxylic acids is 1. The van der Waals surface area contributed by atoms with E-state index in [2.05, 4.69) is 5.32 Å². The van der Waals surface area contributed by atoms with Gasteiger partial charge in [0.25, 0.3) is 0 Å². The van der Waals surface area contributed by atoms with Crippen LogP contribution in [0, 0.1) is 5.92 Å². The molecule has 1 rings (SSSR count). The Labute approximate surface area is 102 Å². The number of carboxylic acid groups (broad SMARTS) is 1. The van der Waals surface area contributed by atoms with Gasteiger partial charge in [-0.05, 0) is 39.5 Å². The monoisotopic (exact) mass is 242 g/mol. The van der Waals surface area contributed by atoms with Gasteiger partial charge in [0.2, 0.25) is 0 Å². The van der Waals surface area contributed by atoms with Crippen molar-refractivity contribution in [3.63, 3.8) is 0 Å². The SMILES string of the molecule is CC(NC(=O)N(CC(=O)O)C(C)C)C1CCC1. The molecule has 0 aromatic carbocycles. The van der Waals surface area contributed by atoms with Gasteiger partial charge in [0.05, 0.1) is 0 Å². The highest BCUT2D eigenvalue weighted by Gasteiger charge is 2.27.